The van der Waals surface area contributed by atoms with Gasteiger partial charge in [0.15, 0.2) is 0 Å². The predicted octanol–water partition coefficient (Wildman–Crippen LogP) is 3.61. The van der Waals surface area contributed by atoms with Crippen molar-refractivity contribution < 1.29 is 23.1 Å². The molecule has 2 aromatic rings. The van der Waals surface area contributed by atoms with Crippen LogP contribution in [0.2, 0.25) is 0 Å². The normalized spacial score (nSPS) is 20.6. The Labute approximate surface area is 213 Å². The predicted molar refractivity (Wildman–Crippen MR) is 139 cm³/mol. The minimum Gasteiger partial charge on any atom is -0.380 e. The molecule has 8 nitrogen and oxygen atoms in total. The number of hydrogen-bond acceptors (Lipinski definition) is 6. The molecule has 0 atom stereocenters. The largest absolute Gasteiger partial charge is 0.380 e. The van der Waals surface area contributed by atoms with Gasteiger partial charge in [-0.15, -0.1) is 0 Å². The van der Waals surface area contributed by atoms with Gasteiger partial charge in [0.2, 0.25) is 10.0 Å². The summed E-state index contributed by atoms with van der Waals surface area (Å²) in [6.45, 7) is 7.55. The van der Waals surface area contributed by atoms with Crippen LogP contribution in [0.4, 0.5) is 11.4 Å². The summed E-state index contributed by atoms with van der Waals surface area (Å²) in [6, 6.07) is 11.7. The zero-order valence-corrected chi connectivity index (χ0v) is 22.0. The van der Waals surface area contributed by atoms with Crippen LogP contribution in [0.25, 0.3) is 0 Å². The second-order valence-corrected chi connectivity index (χ2v) is 13.3. The molecule has 1 spiro atoms. The van der Waals surface area contributed by atoms with Crippen LogP contribution in [0.1, 0.15) is 62.4 Å². The summed E-state index contributed by atoms with van der Waals surface area (Å²) in [5, 5.41) is 13.7. The summed E-state index contributed by atoms with van der Waals surface area (Å²) in [5.41, 5.74) is 1.26. The van der Waals surface area contributed by atoms with E-state index in [9.17, 15) is 18.3 Å². The minimum atomic E-state index is -3.74. The molecule has 36 heavy (non-hydrogen) atoms. The highest BCUT2D eigenvalue weighted by Crippen LogP contribution is 2.54. The van der Waals surface area contributed by atoms with Crippen molar-refractivity contribution in [2.45, 2.75) is 62.5 Å². The van der Waals surface area contributed by atoms with Crippen LogP contribution in [0, 0.1) is 5.41 Å². The molecule has 5 rings (SSSR count). The molecule has 2 aromatic carbocycles. The number of piperidine rings is 1. The lowest BCUT2D eigenvalue weighted by Gasteiger charge is -2.39. The van der Waals surface area contributed by atoms with Gasteiger partial charge in [-0.25, -0.2) is 13.1 Å². The highest BCUT2D eigenvalue weighted by atomic mass is 32.2. The third-order valence-electron chi connectivity index (χ3n) is 7.43. The second-order valence-electron chi connectivity index (χ2n) is 11.6. The molecule has 0 aromatic heterocycles. The van der Waals surface area contributed by atoms with Gasteiger partial charge < -0.3 is 20.1 Å². The van der Waals surface area contributed by atoms with Crippen molar-refractivity contribution in [2.75, 3.05) is 36.5 Å². The monoisotopic (exact) mass is 513 g/mol. The van der Waals surface area contributed by atoms with Crippen molar-refractivity contribution >= 4 is 27.3 Å². The fourth-order valence-corrected chi connectivity index (χ4v) is 6.50. The number of carbonyl (C=O) groups excluding carboxylic acids is 1. The lowest BCUT2D eigenvalue weighted by atomic mass is 9.89. The van der Waals surface area contributed by atoms with Crippen LogP contribution in [0.5, 0.6) is 0 Å². The number of aliphatic hydroxyl groups is 1. The Bertz CT molecular complexity index is 1270. The fraction of sp³-hybridized carbons (Fsp3) is 0.519. The zero-order valence-electron chi connectivity index (χ0n) is 21.1. The SMILES string of the molecule is CC(C)(C)NS(=O)(=O)c1cccc(NC(=O)c2ccc(C3(O)COC3)cc2N2CCC3(CC2)CC3)c1. The number of rotatable bonds is 6. The number of nitrogens with one attached hydrogen (secondary N) is 2. The van der Waals surface area contributed by atoms with Gasteiger partial charge in [-0.3, -0.25) is 4.79 Å². The molecule has 0 radical (unpaired) electrons. The molecule has 0 unspecified atom stereocenters. The Balaban J connectivity index is 1.41. The van der Waals surface area contributed by atoms with Crippen LogP contribution in [-0.4, -0.2) is 51.3 Å². The van der Waals surface area contributed by atoms with E-state index in [0.717, 1.165) is 37.2 Å². The number of benzene rings is 2. The van der Waals surface area contributed by atoms with Gasteiger partial charge in [0.05, 0.1) is 23.7 Å². The highest BCUT2D eigenvalue weighted by molar-refractivity contribution is 7.89. The van der Waals surface area contributed by atoms with Crippen LogP contribution in [0.3, 0.4) is 0 Å². The van der Waals surface area contributed by atoms with Gasteiger partial charge in [-0.1, -0.05) is 12.1 Å². The average Bonchev–Trinajstić information content (AvgIpc) is 3.55. The maximum atomic E-state index is 13.5. The first kappa shape index (κ1) is 25.2. The van der Waals surface area contributed by atoms with Gasteiger partial charge in [0.25, 0.3) is 5.91 Å². The van der Waals surface area contributed by atoms with Gasteiger partial charge in [0, 0.05) is 30.0 Å². The van der Waals surface area contributed by atoms with Crippen molar-refractivity contribution in [2.24, 2.45) is 5.41 Å². The zero-order chi connectivity index (χ0) is 25.8. The quantitative estimate of drug-likeness (QED) is 0.545. The van der Waals surface area contributed by atoms with Gasteiger partial charge in [-0.05, 0) is 87.8 Å². The van der Waals surface area contributed by atoms with Crippen LogP contribution in [0.15, 0.2) is 47.4 Å². The van der Waals surface area contributed by atoms with Crippen molar-refractivity contribution in [3.8, 4) is 0 Å². The van der Waals surface area contributed by atoms with Crippen molar-refractivity contribution in [3.63, 3.8) is 0 Å². The van der Waals surface area contributed by atoms with E-state index in [1.165, 1.54) is 25.0 Å². The number of hydrogen-bond donors (Lipinski definition) is 3. The first-order valence-electron chi connectivity index (χ1n) is 12.5. The van der Waals surface area contributed by atoms with E-state index < -0.39 is 21.2 Å². The Morgan fingerprint density at radius 2 is 1.72 bits per heavy atom. The molecule has 2 heterocycles. The fourth-order valence-electron chi connectivity index (χ4n) is 5.04. The first-order chi connectivity index (χ1) is 16.9. The van der Waals surface area contributed by atoms with Crippen molar-refractivity contribution in [3.05, 3.63) is 53.6 Å². The molecule has 2 aliphatic heterocycles. The van der Waals surface area contributed by atoms with E-state index in [2.05, 4.69) is 14.9 Å². The molecule has 9 heteroatoms. The van der Waals surface area contributed by atoms with Crippen LogP contribution in [-0.2, 0) is 20.4 Å². The molecule has 1 saturated carbocycles. The smallest absolute Gasteiger partial charge is 0.257 e. The Morgan fingerprint density at radius 3 is 2.31 bits per heavy atom. The third-order valence-corrected chi connectivity index (χ3v) is 9.18. The molecule has 1 amide bonds. The van der Waals surface area contributed by atoms with Gasteiger partial charge >= 0.3 is 0 Å². The van der Waals surface area contributed by atoms with Crippen molar-refractivity contribution in [1.82, 2.24) is 4.72 Å². The highest BCUT2D eigenvalue weighted by Gasteiger charge is 2.45. The molecule has 2 saturated heterocycles. The number of sulfonamides is 1. The molecule has 3 N–H and O–H groups in total. The van der Waals surface area contributed by atoms with E-state index in [1.54, 1.807) is 45.0 Å². The summed E-state index contributed by atoms with van der Waals surface area (Å²) < 4.78 is 33.4. The molecule has 0 bridgehead atoms. The summed E-state index contributed by atoms with van der Waals surface area (Å²) in [6.07, 6.45) is 4.78. The summed E-state index contributed by atoms with van der Waals surface area (Å²) in [5.74, 6) is -0.321. The second kappa shape index (κ2) is 8.83. The molecular weight excluding hydrogens is 478 g/mol. The molecule has 194 valence electrons. The summed E-state index contributed by atoms with van der Waals surface area (Å²) >= 11 is 0. The molecule has 3 fully saturated rings. The molecule has 3 aliphatic rings. The maximum absolute atomic E-state index is 13.5. The molecule has 1 aliphatic carbocycles. The first-order valence-corrected chi connectivity index (χ1v) is 14.0. The number of nitrogens with zero attached hydrogens (tertiary/aromatic N) is 1. The van der Waals surface area contributed by atoms with Crippen LogP contribution < -0.4 is 14.9 Å². The number of ether oxygens (including phenoxy) is 1. The lowest BCUT2D eigenvalue weighted by Crippen LogP contribution is -2.46. The number of carbonyl (C=O) groups is 1. The van der Waals surface area contributed by atoms with E-state index >= 15 is 0 Å². The van der Waals surface area contributed by atoms with Crippen LogP contribution >= 0.6 is 0 Å². The topological polar surface area (TPSA) is 108 Å². The van der Waals surface area contributed by atoms with E-state index in [4.69, 9.17) is 4.74 Å². The Morgan fingerprint density at radius 1 is 1.03 bits per heavy atom. The lowest BCUT2D eigenvalue weighted by molar-refractivity contribution is -0.184. The standard InChI is InChI=1S/C27H35N3O5S/c1-25(2,3)29-36(33,34)21-6-4-5-20(16-21)28-24(31)22-8-7-19(27(32)17-35-18-27)15-23(22)30-13-11-26(9-10-26)12-14-30/h4-8,15-16,29,32H,9-14,17-18H2,1-3H3,(H,28,31). The Hall–Kier alpha value is -2.46. The summed E-state index contributed by atoms with van der Waals surface area (Å²) in [4.78, 5) is 15.8. The Kier molecular flexibility index (Phi) is 6.18. The number of amides is 1. The minimum absolute atomic E-state index is 0.0868. The molecular formula is C27H35N3O5S. The van der Waals surface area contributed by atoms with E-state index in [0.29, 0.717) is 16.7 Å². The number of anilines is 2. The van der Waals surface area contributed by atoms with Crippen molar-refractivity contribution in [1.29, 1.82) is 0 Å². The van der Waals surface area contributed by atoms with E-state index in [1.807, 2.05) is 6.07 Å². The van der Waals surface area contributed by atoms with E-state index in [-0.39, 0.29) is 24.0 Å². The maximum Gasteiger partial charge on any atom is 0.257 e. The third kappa shape index (κ3) is 5.16. The average molecular weight is 514 g/mol. The summed E-state index contributed by atoms with van der Waals surface area (Å²) in [7, 11) is -3.74. The van der Waals surface area contributed by atoms with Gasteiger partial charge in [0.1, 0.15) is 5.60 Å². The van der Waals surface area contributed by atoms with Gasteiger partial charge in [-0.2, -0.15) is 0 Å².